The number of likely N-dealkylation sites (tertiary alicyclic amines) is 1. The second-order valence-corrected chi connectivity index (χ2v) is 7.58. The van der Waals surface area contributed by atoms with Gasteiger partial charge in [-0.3, -0.25) is 4.79 Å². The van der Waals surface area contributed by atoms with Gasteiger partial charge in [0.15, 0.2) is 0 Å². The molecule has 1 aliphatic rings. The van der Waals surface area contributed by atoms with E-state index in [0.717, 1.165) is 38.1 Å². The number of unbranched alkanes of at least 4 members (excludes halogenated alkanes) is 2. The van der Waals surface area contributed by atoms with Gasteiger partial charge in [0.2, 0.25) is 5.91 Å². The number of hydrogen-bond donors (Lipinski definition) is 0. The highest BCUT2D eigenvalue weighted by Gasteiger charge is 2.26. The molecule has 0 aromatic rings. The summed E-state index contributed by atoms with van der Waals surface area (Å²) in [6.45, 7) is 19.1. The first-order valence-corrected chi connectivity index (χ1v) is 10.5. The molecule has 1 aliphatic heterocycles. The van der Waals surface area contributed by atoms with Crippen molar-refractivity contribution >= 4 is 5.91 Å². The third kappa shape index (κ3) is 17.5. The van der Waals surface area contributed by atoms with Crippen LogP contribution in [0.1, 0.15) is 93.4 Å². The van der Waals surface area contributed by atoms with Gasteiger partial charge >= 0.3 is 0 Å². The van der Waals surface area contributed by atoms with Crippen molar-refractivity contribution in [2.45, 2.75) is 99.5 Å². The summed E-state index contributed by atoms with van der Waals surface area (Å²) >= 11 is 0. The van der Waals surface area contributed by atoms with Gasteiger partial charge < -0.3 is 4.90 Å². The summed E-state index contributed by atoms with van der Waals surface area (Å²) in [7, 11) is 0. The average Bonchev–Trinajstić information content (AvgIpc) is 2.91. The maximum Gasteiger partial charge on any atom is 0.223 e. The Morgan fingerprint density at radius 2 is 1.85 bits per heavy atom. The lowest BCUT2D eigenvalue weighted by atomic mass is 10.0. The van der Waals surface area contributed by atoms with Crippen molar-refractivity contribution in [1.29, 1.82) is 0 Å². The number of allylic oxidation sites excluding steroid dienone is 4. The normalized spacial score (nSPS) is 16.7. The zero-order valence-electron chi connectivity index (χ0n) is 18.7. The first-order valence-electron chi connectivity index (χ1n) is 10.5. The van der Waals surface area contributed by atoms with Crippen LogP contribution in [0, 0.1) is 5.92 Å². The molecule has 1 amide bonds. The van der Waals surface area contributed by atoms with E-state index in [9.17, 15) is 4.79 Å². The standard InChI is InChI=1S/C15H27NO.C5H10.C4H8/c1-4-16-14(11-12-15(16)17)10-8-6-5-7-9-13(2)3;1-3-5-4-2;1-4(2)3/h8,10,13-14H,4-7,9,11-12H2,1-3H3;3,5H,4H2,1-2H3;1H2,2-3H3/b10-8+;5-3-;. The van der Waals surface area contributed by atoms with Crippen LogP contribution in [0.4, 0.5) is 0 Å². The Balaban J connectivity index is 0. The summed E-state index contributed by atoms with van der Waals surface area (Å²) < 4.78 is 0. The van der Waals surface area contributed by atoms with Crippen LogP contribution in [-0.2, 0) is 4.79 Å². The molecule has 0 aromatic heterocycles. The van der Waals surface area contributed by atoms with Gasteiger partial charge in [-0.1, -0.05) is 63.5 Å². The van der Waals surface area contributed by atoms with E-state index in [0.29, 0.717) is 11.9 Å². The molecule has 0 spiro atoms. The van der Waals surface area contributed by atoms with Crippen molar-refractivity contribution in [2.75, 3.05) is 6.54 Å². The molecule has 1 saturated heterocycles. The molecule has 1 unspecified atom stereocenters. The molecule has 0 aromatic carbocycles. The van der Waals surface area contributed by atoms with Crippen LogP contribution < -0.4 is 0 Å². The van der Waals surface area contributed by atoms with Gasteiger partial charge in [0.1, 0.15) is 0 Å². The summed E-state index contributed by atoms with van der Waals surface area (Å²) in [5.41, 5.74) is 1.17. The van der Waals surface area contributed by atoms with Gasteiger partial charge in [0.05, 0.1) is 6.04 Å². The second-order valence-electron chi connectivity index (χ2n) is 7.58. The van der Waals surface area contributed by atoms with Gasteiger partial charge in [-0.05, 0) is 59.3 Å². The monoisotopic (exact) mass is 363 g/mol. The first-order chi connectivity index (χ1) is 12.3. The van der Waals surface area contributed by atoms with Crippen LogP contribution in [0.2, 0.25) is 0 Å². The van der Waals surface area contributed by atoms with E-state index in [1.165, 1.54) is 24.8 Å². The van der Waals surface area contributed by atoms with Gasteiger partial charge in [-0.25, -0.2) is 0 Å². The lowest BCUT2D eigenvalue weighted by Gasteiger charge is -2.19. The number of hydrogen-bond acceptors (Lipinski definition) is 1. The maximum atomic E-state index is 11.5. The van der Waals surface area contributed by atoms with Gasteiger partial charge in [0, 0.05) is 13.0 Å². The minimum Gasteiger partial charge on any atom is -0.337 e. The van der Waals surface area contributed by atoms with E-state index in [4.69, 9.17) is 0 Å². The largest absolute Gasteiger partial charge is 0.337 e. The maximum absolute atomic E-state index is 11.5. The molecule has 1 rings (SSSR count). The van der Waals surface area contributed by atoms with Gasteiger partial charge in [-0.15, -0.1) is 6.58 Å². The van der Waals surface area contributed by atoms with E-state index in [2.05, 4.69) is 58.6 Å². The molecule has 0 bridgehead atoms. The summed E-state index contributed by atoms with van der Waals surface area (Å²) in [5.74, 6) is 1.14. The second kappa shape index (κ2) is 18.5. The predicted molar refractivity (Wildman–Crippen MR) is 118 cm³/mol. The fraction of sp³-hybridized carbons (Fsp3) is 0.708. The summed E-state index contributed by atoms with van der Waals surface area (Å²) in [4.78, 5) is 13.5. The van der Waals surface area contributed by atoms with Gasteiger partial charge in [-0.2, -0.15) is 0 Å². The van der Waals surface area contributed by atoms with Crippen molar-refractivity contribution < 1.29 is 4.79 Å². The van der Waals surface area contributed by atoms with E-state index in [-0.39, 0.29) is 0 Å². The quantitative estimate of drug-likeness (QED) is 0.326. The lowest BCUT2D eigenvalue weighted by molar-refractivity contribution is -0.128. The Kier molecular flexibility index (Phi) is 19.1. The fourth-order valence-electron chi connectivity index (χ4n) is 2.67. The van der Waals surface area contributed by atoms with Crippen molar-refractivity contribution in [2.24, 2.45) is 5.92 Å². The van der Waals surface area contributed by atoms with Crippen molar-refractivity contribution in [3.05, 3.63) is 36.5 Å². The lowest BCUT2D eigenvalue weighted by Crippen LogP contribution is -2.31. The molecule has 2 heteroatoms. The molecule has 2 nitrogen and oxygen atoms in total. The molecule has 26 heavy (non-hydrogen) atoms. The summed E-state index contributed by atoms with van der Waals surface area (Å²) in [6.07, 6.45) is 16.7. The number of carbonyl (C=O) groups is 1. The highest BCUT2D eigenvalue weighted by Crippen LogP contribution is 2.19. The highest BCUT2D eigenvalue weighted by atomic mass is 16.2. The van der Waals surface area contributed by atoms with Gasteiger partial charge in [0.25, 0.3) is 0 Å². The number of amides is 1. The Bertz CT molecular complexity index is 402. The molecule has 0 aliphatic carbocycles. The van der Waals surface area contributed by atoms with Crippen LogP contribution in [-0.4, -0.2) is 23.4 Å². The number of rotatable bonds is 8. The topological polar surface area (TPSA) is 20.3 Å². The van der Waals surface area contributed by atoms with E-state index in [1.54, 1.807) is 0 Å². The van der Waals surface area contributed by atoms with E-state index < -0.39 is 0 Å². The number of nitrogens with zero attached hydrogens (tertiary/aromatic N) is 1. The summed E-state index contributed by atoms with van der Waals surface area (Å²) in [6, 6.07) is 0.373. The molecule has 0 N–H and O–H groups in total. The van der Waals surface area contributed by atoms with Crippen LogP contribution >= 0.6 is 0 Å². The molecule has 1 fully saturated rings. The molecule has 1 atom stereocenters. The SMILES string of the molecule is C/C=C\CC.C=C(C)C.CCN1C(=O)CCC1/C=C/CCCCC(C)C. The number of likely N-dealkylation sites (N-methyl/N-ethyl adjacent to an activating group) is 1. The highest BCUT2D eigenvalue weighted by molar-refractivity contribution is 5.79. The van der Waals surface area contributed by atoms with Crippen molar-refractivity contribution in [1.82, 2.24) is 4.90 Å². The molecule has 152 valence electrons. The molecule has 0 radical (unpaired) electrons. The third-order valence-electron chi connectivity index (χ3n) is 3.95. The van der Waals surface area contributed by atoms with Crippen LogP contribution in [0.3, 0.4) is 0 Å². The zero-order chi connectivity index (χ0) is 20.4. The summed E-state index contributed by atoms with van der Waals surface area (Å²) in [5, 5.41) is 0. The van der Waals surface area contributed by atoms with E-state index >= 15 is 0 Å². The average molecular weight is 364 g/mol. The predicted octanol–water partition coefficient (Wildman–Crippen LogP) is 7.32. The third-order valence-corrected chi connectivity index (χ3v) is 3.95. The minimum atomic E-state index is 0.321. The smallest absolute Gasteiger partial charge is 0.223 e. The number of carbonyl (C=O) groups excluding carboxylic acids is 1. The van der Waals surface area contributed by atoms with Crippen molar-refractivity contribution in [3.63, 3.8) is 0 Å². The molecule has 1 heterocycles. The molecular formula is C24H45NO. The minimum absolute atomic E-state index is 0.321. The molecule has 0 saturated carbocycles. The fourth-order valence-corrected chi connectivity index (χ4v) is 2.67. The van der Waals surface area contributed by atoms with Crippen LogP contribution in [0.25, 0.3) is 0 Å². The van der Waals surface area contributed by atoms with Crippen molar-refractivity contribution in [3.8, 4) is 0 Å². The Morgan fingerprint density at radius 3 is 2.27 bits per heavy atom. The Morgan fingerprint density at radius 1 is 1.23 bits per heavy atom. The zero-order valence-corrected chi connectivity index (χ0v) is 18.7. The Hall–Kier alpha value is -1.31. The van der Waals surface area contributed by atoms with E-state index in [1.807, 2.05) is 25.7 Å². The van der Waals surface area contributed by atoms with Crippen LogP contribution in [0.5, 0.6) is 0 Å². The molecular weight excluding hydrogens is 318 g/mol. The Labute approximate surface area is 164 Å². The first kappa shape index (κ1) is 26.9. The van der Waals surface area contributed by atoms with Crippen LogP contribution in [0.15, 0.2) is 36.5 Å².